The number of benzene rings is 1. The number of halogens is 2. The summed E-state index contributed by atoms with van der Waals surface area (Å²) in [4.78, 5) is 27.6. The van der Waals surface area contributed by atoms with Crippen molar-refractivity contribution in [2.24, 2.45) is 0 Å². The summed E-state index contributed by atoms with van der Waals surface area (Å²) in [6, 6.07) is 8.48. The number of amides is 1. The molecule has 23 heavy (non-hydrogen) atoms. The first-order valence-corrected chi connectivity index (χ1v) is 7.37. The van der Waals surface area contributed by atoms with E-state index in [9.17, 15) is 18.4 Å². The molecule has 2 heterocycles. The van der Waals surface area contributed by atoms with E-state index in [1.807, 2.05) is 0 Å². The van der Waals surface area contributed by atoms with E-state index < -0.39 is 18.0 Å². The maximum atomic E-state index is 12.5. The van der Waals surface area contributed by atoms with E-state index in [0.29, 0.717) is 37.1 Å². The van der Waals surface area contributed by atoms with Gasteiger partial charge < -0.3 is 9.32 Å². The van der Waals surface area contributed by atoms with Crippen molar-refractivity contribution in [1.29, 1.82) is 0 Å². The van der Waals surface area contributed by atoms with Crippen LogP contribution < -0.4 is 5.63 Å². The third-order valence-electron chi connectivity index (χ3n) is 3.93. The van der Waals surface area contributed by atoms with Gasteiger partial charge in [0.1, 0.15) is 11.1 Å². The molecular weight excluding hydrogens is 306 g/mol. The zero-order chi connectivity index (χ0) is 16.4. The fraction of sp³-hybridized carbons (Fsp3) is 0.375. The summed E-state index contributed by atoms with van der Waals surface area (Å²) in [5, 5.41) is 0.673. The van der Waals surface area contributed by atoms with Crippen LogP contribution in [0.3, 0.4) is 0 Å². The molecule has 1 fully saturated rings. The first-order chi connectivity index (χ1) is 11.0. The van der Waals surface area contributed by atoms with Crippen molar-refractivity contribution in [1.82, 2.24) is 9.80 Å². The Morgan fingerprint density at radius 2 is 1.87 bits per heavy atom. The number of nitrogens with zero attached hydrogens (tertiary/aromatic N) is 2. The van der Waals surface area contributed by atoms with Crippen LogP contribution in [0.2, 0.25) is 0 Å². The Hall–Kier alpha value is -2.28. The second kappa shape index (κ2) is 6.45. The summed E-state index contributed by atoms with van der Waals surface area (Å²) in [7, 11) is 0. The van der Waals surface area contributed by atoms with E-state index in [4.69, 9.17) is 4.42 Å². The van der Waals surface area contributed by atoms with Gasteiger partial charge in [-0.2, -0.15) is 0 Å². The Kier molecular flexibility index (Phi) is 4.38. The molecule has 2 aromatic rings. The standard InChI is InChI=1S/C16H16F2N2O3/c17-14(18)10-19-5-7-20(8-6-19)15(21)12-9-11-3-1-2-4-13(11)23-16(12)22/h1-4,9,14H,5-8,10H2. The van der Waals surface area contributed by atoms with Crippen LogP contribution in [0.5, 0.6) is 0 Å². The molecule has 1 aromatic carbocycles. The molecule has 0 unspecified atom stereocenters. The molecule has 7 heteroatoms. The molecule has 0 bridgehead atoms. The zero-order valence-corrected chi connectivity index (χ0v) is 12.4. The van der Waals surface area contributed by atoms with Crippen molar-refractivity contribution in [3.05, 3.63) is 46.3 Å². The average Bonchev–Trinajstić information content (AvgIpc) is 2.54. The molecule has 122 valence electrons. The van der Waals surface area contributed by atoms with Crippen molar-refractivity contribution < 1.29 is 18.0 Å². The lowest BCUT2D eigenvalue weighted by Crippen LogP contribution is -2.50. The van der Waals surface area contributed by atoms with Gasteiger partial charge in [-0.05, 0) is 12.1 Å². The summed E-state index contributed by atoms with van der Waals surface area (Å²) in [6.07, 6.45) is -2.38. The fourth-order valence-corrected chi connectivity index (χ4v) is 2.71. The predicted octanol–water partition coefficient (Wildman–Crippen LogP) is 1.82. The minimum absolute atomic E-state index is 0.0222. The number of rotatable bonds is 3. The summed E-state index contributed by atoms with van der Waals surface area (Å²) >= 11 is 0. The Balaban J connectivity index is 1.76. The number of alkyl halides is 2. The van der Waals surface area contributed by atoms with Gasteiger partial charge in [-0.3, -0.25) is 9.69 Å². The molecule has 0 saturated carbocycles. The lowest BCUT2D eigenvalue weighted by Gasteiger charge is -2.34. The third-order valence-corrected chi connectivity index (χ3v) is 3.93. The molecule has 0 N–H and O–H groups in total. The van der Waals surface area contributed by atoms with Gasteiger partial charge in [0, 0.05) is 31.6 Å². The van der Waals surface area contributed by atoms with Gasteiger partial charge in [-0.25, -0.2) is 13.6 Å². The van der Waals surface area contributed by atoms with Crippen LogP contribution in [0, 0.1) is 0 Å². The van der Waals surface area contributed by atoms with Gasteiger partial charge in [0.2, 0.25) is 0 Å². The van der Waals surface area contributed by atoms with Gasteiger partial charge in [0.05, 0.1) is 6.54 Å². The number of para-hydroxylation sites is 1. The molecule has 3 rings (SSSR count). The zero-order valence-electron chi connectivity index (χ0n) is 12.4. The van der Waals surface area contributed by atoms with Crippen molar-refractivity contribution in [3.63, 3.8) is 0 Å². The number of piperazine rings is 1. The molecular formula is C16H16F2N2O3. The SMILES string of the molecule is O=C(c1cc2ccccc2oc1=O)N1CCN(CC(F)F)CC1. The fourth-order valence-electron chi connectivity index (χ4n) is 2.71. The lowest BCUT2D eigenvalue weighted by molar-refractivity contribution is 0.0456. The van der Waals surface area contributed by atoms with E-state index in [-0.39, 0.29) is 12.1 Å². The normalized spacial score (nSPS) is 16.2. The molecule has 1 aromatic heterocycles. The molecule has 0 radical (unpaired) electrons. The number of hydrogen-bond acceptors (Lipinski definition) is 4. The molecule has 5 nitrogen and oxygen atoms in total. The van der Waals surface area contributed by atoms with Crippen molar-refractivity contribution in [3.8, 4) is 0 Å². The first kappa shape index (κ1) is 15.6. The number of carbonyl (C=O) groups excluding carboxylic acids is 1. The molecule has 0 aliphatic carbocycles. The summed E-state index contributed by atoms with van der Waals surface area (Å²) < 4.78 is 29.9. The minimum Gasteiger partial charge on any atom is -0.422 e. The second-order valence-electron chi connectivity index (χ2n) is 5.47. The van der Waals surface area contributed by atoms with E-state index >= 15 is 0 Å². The summed E-state index contributed by atoms with van der Waals surface area (Å²) in [5.41, 5.74) is -0.273. The molecule has 0 spiro atoms. The maximum absolute atomic E-state index is 12.5. The second-order valence-corrected chi connectivity index (χ2v) is 5.47. The molecule has 1 saturated heterocycles. The average molecular weight is 322 g/mol. The Morgan fingerprint density at radius 3 is 2.57 bits per heavy atom. The van der Waals surface area contributed by atoms with E-state index in [1.165, 1.54) is 11.0 Å². The monoisotopic (exact) mass is 322 g/mol. The number of fused-ring (bicyclic) bond motifs is 1. The van der Waals surface area contributed by atoms with Crippen LogP contribution in [0.15, 0.2) is 39.5 Å². The smallest absolute Gasteiger partial charge is 0.349 e. The summed E-state index contributed by atoms with van der Waals surface area (Å²) in [5.74, 6) is -0.416. The van der Waals surface area contributed by atoms with Gasteiger partial charge >= 0.3 is 5.63 Å². The predicted molar refractivity (Wildman–Crippen MR) is 80.8 cm³/mol. The minimum atomic E-state index is -2.38. The highest BCUT2D eigenvalue weighted by Crippen LogP contribution is 2.15. The highest BCUT2D eigenvalue weighted by Gasteiger charge is 2.25. The number of carbonyl (C=O) groups is 1. The van der Waals surface area contributed by atoms with Crippen molar-refractivity contribution in [2.75, 3.05) is 32.7 Å². The van der Waals surface area contributed by atoms with Crippen LogP contribution in [0.4, 0.5) is 8.78 Å². The van der Waals surface area contributed by atoms with Crippen LogP contribution in [-0.2, 0) is 0 Å². The van der Waals surface area contributed by atoms with Crippen molar-refractivity contribution in [2.45, 2.75) is 6.43 Å². The van der Waals surface area contributed by atoms with Crippen LogP contribution in [0.25, 0.3) is 11.0 Å². The topological polar surface area (TPSA) is 53.8 Å². The molecule has 1 aliphatic heterocycles. The highest BCUT2D eigenvalue weighted by atomic mass is 19.3. The Morgan fingerprint density at radius 1 is 1.17 bits per heavy atom. The van der Waals surface area contributed by atoms with Gasteiger partial charge in [-0.15, -0.1) is 0 Å². The largest absolute Gasteiger partial charge is 0.422 e. The van der Waals surface area contributed by atoms with Crippen LogP contribution >= 0.6 is 0 Å². The summed E-state index contributed by atoms with van der Waals surface area (Å²) in [6.45, 7) is 1.08. The Bertz CT molecular complexity index is 767. The van der Waals surface area contributed by atoms with Gasteiger partial charge in [-0.1, -0.05) is 18.2 Å². The van der Waals surface area contributed by atoms with E-state index in [0.717, 1.165) is 0 Å². The van der Waals surface area contributed by atoms with Crippen LogP contribution in [-0.4, -0.2) is 54.9 Å². The highest BCUT2D eigenvalue weighted by molar-refractivity contribution is 5.96. The Labute approximate surface area is 131 Å². The molecule has 0 atom stereocenters. The maximum Gasteiger partial charge on any atom is 0.349 e. The van der Waals surface area contributed by atoms with Crippen LogP contribution in [0.1, 0.15) is 10.4 Å². The van der Waals surface area contributed by atoms with Gasteiger partial charge in [0.15, 0.2) is 0 Å². The molecule has 1 amide bonds. The van der Waals surface area contributed by atoms with E-state index in [1.54, 1.807) is 29.2 Å². The third kappa shape index (κ3) is 3.39. The first-order valence-electron chi connectivity index (χ1n) is 7.37. The van der Waals surface area contributed by atoms with Crippen molar-refractivity contribution >= 4 is 16.9 Å². The van der Waals surface area contributed by atoms with Gasteiger partial charge in [0.25, 0.3) is 12.3 Å². The number of hydrogen-bond donors (Lipinski definition) is 0. The molecule has 1 aliphatic rings. The quantitative estimate of drug-likeness (QED) is 0.809. The lowest BCUT2D eigenvalue weighted by atomic mass is 10.1. The van der Waals surface area contributed by atoms with E-state index in [2.05, 4.69) is 0 Å².